The fraction of sp³-hybridized carbons (Fsp3) is 0.533. The molecule has 110 valence electrons. The molecule has 0 aromatic heterocycles. The van der Waals surface area contributed by atoms with Gasteiger partial charge in [0.2, 0.25) is 5.91 Å². The van der Waals surface area contributed by atoms with Gasteiger partial charge in [0.15, 0.2) is 11.5 Å². The Bertz CT molecular complexity index is 456. The number of hydrogen-bond donors (Lipinski definition) is 1. The van der Waals surface area contributed by atoms with Gasteiger partial charge in [-0.2, -0.15) is 0 Å². The molecule has 1 fully saturated rings. The molecule has 2 rings (SSSR count). The Morgan fingerprint density at radius 2 is 1.90 bits per heavy atom. The summed E-state index contributed by atoms with van der Waals surface area (Å²) in [4.78, 5) is 13.8. The molecule has 0 unspecified atom stereocenters. The summed E-state index contributed by atoms with van der Waals surface area (Å²) in [5.41, 5.74) is 1.07. The molecule has 5 heteroatoms. The van der Waals surface area contributed by atoms with E-state index < -0.39 is 0 Å². The maximum absolute atomic E-state index is 11.9. The van der Waals surface area contributed by atoms with E-state index >= 15 is 0 Å². The van der Waals surface area contributed by atoms with Crippen LogP contribution in [0.5, 0.6) is 11.5 Å². The SMILES string of the molecule is COc1ccc(CNCC(=O)N2CCCC2)cc1OC. The number of benzene rings is 1. The molecular weight excluding hydrogens is 256 g/mol. The highest BCUT2D eigenvalue weighted by atomic mass is 16.5. The van der Waals surface area contributed by atoms with E-state index in [2.05, 4.69) is 5.32 Å². The molecule has 5 nitrogen and oxygen atoms in total. The van der Waals surface area contributed by atoms with Crippen LogP contribution in [0.25, 0.3) is 0 Å². The van der Waals surface area contributed by atoms with Crippen LogP contribution in [-0.2, 0) is 11.3 Å². The number of carbonyl (C=O) groups is 1. The summed E-state index contributed by atoms with van der Waals surface area (Å²) < 4.78 is 10.5. The lowest BCUT2D eigenvalue weighted by Gasteiger charge is -2.15. The van der Waals surface area contributed by atoms with E-state index in [9.17, 15) is 4.79 Å². The van der Waals surface area contributed by atoms with Crippen LogP contribution in [0.1, 0.15) is 18.4 Å². The molecule has 1 N–H and O–H groups in total. The zero-order valence-electron chi connectivity index (χ0n) is 12.1. The second kappa shape index (κ2) is 7.14. The summed E-state index contributed by atoms with van der Waals surface area (Å²) >= 11 is 0. The monoisotopic (exact) mass is 278 g/mol. The third kappa shape index (κ3) is 3.63. The van der Waals surface area contributed by atoms with Crippen molar-refractivity contribution in [2.45, 2.75) is 19.4 Å². The van der Waals surface area contributed by atoms with Gasteiger partial charge in [-0.15, -0.1) is 0 Å². The normalized spacial score (nSPS) is 14.4. The zero-order valence-corrected chi connectivity index (χ0v) is 12.1. The third-order valence-corrected chi connectivity index (χ3v) is 3.51. The van der Waals surface area contributed by atoms with Crippen LogP contribution in [0.3, 0.4) is 0 Å². The summed E-state index contributed by atoms with van der Waals surface area (Å²) in [5, 5.41) is 3.18. The van der Waals surface area contributed by atoms with Crippen molar-refractivity contribution < 1.29 is 14.3 Å². The average Bonchev–Trinajstić information content (AvgIpc) is 3.01. The minimum atomic E-state index is 0.183. The van der Waals surface area contributed by atoms with Crippen LogP contribution in [0.15, 0.2) is 18.2 Å². The third-order valence-electron chi connectivity index (χ3n) is 3.51. The van der Waals surface area contributed by atoms with E-state index in [1.807, 2.05) is 23.1 Å². The van der Waals surface area contributed by atoms with Crippen molar-refractivity contribution in [1.82, 2.24) is 10.2 Å². The lowest BCUT2D eigenvalue weighted by molar-refractivity contribution is -0.129. The predicted molar refractivity (Wildman–Crippen MR) is 77.1 cm³/mol. The van der Waals surface area contributed by atoms with Crippen molar-refractivity contribution in [2.24, 2.45) is 0 Å². The van der Waals surface area contributed by atoms with Crippen molar-refractivity contribution in [3.8, 4) is 11.5 Å². The number of likely N-dealkylation sites (tertiary alicyclic amines) is 1. The molecule has 0 spiro atoms. The average molecular weight is 278 g/mol. The number of ether oxygens (including phenoxy) is 2. The zero-order chi connectivity index (χ0) is 14.4. The Balaban J connectivity index is 1.83. The van der Waals surface area contributed by atoms with Gasteiger partial charge in [0.25, 0.3) is 0 Å². The van der Waals surface area contributed by atoms with E-state index in [0.717, 1.165) is 31.5 Å². The van der Waals surface area contributed by atoms with Crippen molar-refractivity contribution >= 4 is 5.91 Å². The molecule has 1 aromatic rings. The van der Waals surface area contributed by atoms with Gasteiger partial charge >= 0.3 is 0 Å². The van der Waals surface area contributed by atoms with Crippen LogP contribution in [0.4, 0.5) is 0 Å². The predicted octanol–water partition coefficient (Wildman–Crippen LogP) is 1.42. The molecule has 1 aliphatic rings. The maximum Gasteiger partial charge on any atom is 0.236 e. The molecule has 0 aliphatic carbocycles. The molecule has 1 amide bonds. The minimum Gasteiger partial charge on any atom is -0.493 e. The van der Waals surface area contributed by atoms with Gasteiger partial charge in [0.05, 0.1) is 20.8 Å². The quantitative estimate of drug-likeness (QED) is 0.855. The fourth-order valence-electron chi connectivity index (χ4n) is 2.38. The Hall–Kier alpha value is -1.75. The number of nitrogens with zero attached hydrogens (tertiary/aromatic N) is 1. The molecule has 1 heterocycles. The number of carbonyl (C=O) groups excluding carboxylic acids is 1. The maximum atomic E-state index is 11.9. The van der Waals surface area contributed by atoms with Gasteiger partial charge in [-0.1, -0.05) is 6.07 Å². The molecule has 0 radical (unpaired) electrons. The molecule has 0 saturated carbocycles. The van der Waals surface area contributed by atoms with Crippen molar-refractivity contribution in [3.05, 3.63) is 23.8 Å². The van der Waals surface area contributed by atoms with Crippen LogP contribution in [-0.4, -0.2) is 44.7 Å². The fourth-order valence-corrected chi connectivity index (χ4v) is 2.38. The Morgan fingerprint density at radius 1 is 1.20 bits per heavy atom. The van der Waals surface area contributed by atoms with E-state index in [1.165, 1.54) is 0 Å². The smallest absolute Gasteiger partial charge is 0.236 e. The van der Waals surface area contributed by atoms with Gasteiger partial charge in [-0.3, -0.25) is 4.79 Å². The van der Waals surface area contributed by atoms with Crippen molar-refractivity contribution in [2.75, 3.05) is 33.9 Å². The van der Waals surface area contributed by atoms with E-state index in [-0.39, 0.29) is 5.91 Å². The first-order valence-corrected chi connectivity index (χ1v) is 6.94. The number of nitrogens with one attached hydrogen (secondary N) is 1. The Kier molecular flexibility index (Phi) is 5.24. The lowest BCUT2D eigenvalue weighted by atomic mass is 10.2. The van der Waals surface area contributed by atoms with Gasteiger partial charge in [0.1, 0.15) is 0 Å². The highest BCUT2D eigenvalue weighted by molar-refractivity contribution is 5.78. The summed E-state index contributed by atoms with van der Waals surface area (Å²) in [6, 6.07) is 5.76. The van der Waals surface area contributed by atoms with Gasteiger partial charge in [-0.05, 0) is 30.5 Å². The first-order chi connectivity index (χ1) is 9.74. The molecule has 1 aliphatic heterocycles. The van der Waals surface area contributed by atoms with Gasteiger partial charge in [0, 0.05) is 19.6 Å². The van der Waals surface area contributed by atoms with Gasteiger partial charge < -0.3 is 19.7 Å². The summed E-state index contributed by atoms with van der Waals surface area (Å²) in [6.45, 7) is 2.82. The number of rotatable bonds is 6. The second-order valence-corrected chi connectivity index (χ2v) is 4.88. The lowest BCUT2D eigenvalue weighted by Crippen LogP contribution is -2.35. The van der Waals surface area contributed by atoms with E-state index in [0.29, 0.717) is 24.6 Å². The molecule has 0 bridgehead atoms. The van der Waals surface area contributed by atoms with Crippen molar-refractivity contribution in [3.63, 3.8) is 0 Å². The Morgan fingerprint density at radius 3 is 2.55 bits per heavy atom. The van der Waals surface area contributed by atoms with Gasteiger partial charge in [-0.25, -0.2) is 0 Å². The topological polar surface area (TPSA) is 50.8 Å². The highest BCUT2D eigenvalue weighted by Gasteiger charge is 2.16. The second-order valence-electron chi connectivity index (χ2n) is 4.88. The van der Waals surface area contributed by atoms with E-state index in [4.69, 9.17) is 9.47 Å². The molecule has 1 aromatic carbocycles. The van der Waals surface area contributed by atoms with Crippen LogP contribution in [0.2, 0.25) is 0 Å². The van der Waals surface area contributed by atoms with Crippen LogP contribution in [0, 0.1) is 0 Å². The Labute approximate surface area is 119 Å². The summed E-state index contributed by atoms with van der Waals surface area (Å²) in [6.07, 6.45) is 2.25. The van der Waals surface area contributed by atoms with Crippen molar-refractivity contribution in [1.29, 1.82) is 0 Å². The number of methoxy groups -OCH3 is 2. The number of amides is 1. The minimum absolute atomic E-state index is 0.183. The summed E-state index contributed by atoms with van der Waals surface area (Å²) in [5.74, 6) is 1.60. The first-order valence-electron chi connectivity index (χ1n) is 6.94. The number of hydrogen-bond acceptors (Lipinski definition) is 4. The van der Waals surface area contributed by atoms with E-state index in [1.54, 1.807) is 14.2 Å². The molecule has 20 heavy (non-hydrogen) atoms. The highest BCUT2D eigenvalue weighted by Crippen LogP contribution is 2.27. The summed E-state index contributed by atoms with van der Waals surface area (Å²) in [7, 11) is 3.23. The largest absolute Gasteiger partial charge is 0.493 e. The van der Waals surface area contributed by atoms with Crippen LogP contribution >= 0.6 is 0 Å². The standard InChI is InChI=1S/C15H22N2O3/c1-19-13-6-5-12(9-14(13)20-2)10-16-11-15(18)17-7-3-4-8-17/h5-6,9,16H,3-4,7-8,10-11H2,1-2H3. The molecule has 0 atom stereocenters. The molecular formula is C15H22N2O3. The first kappa shape index (κ1) is 14.7. The molecule has 1 saturated heterocycles. The van der Waals surface area contributed by atoms with Crippen LogP contribution < -0.4 is 14.8 Å².